The Morgan fingerprint density at radius 1 is 1.58 bits per heavy atom. The Hall–Kier alpha value is -0.00610. The summed E-state index contributed by atoms with van der Waals surface area (Å²) in [6.45, 7) is 3.60. The van der Waals surface area contributed by atoms with E-state index in [9.17, 15) is 4.79 Å². The minimum atomic E-state index is 0. The molecule has 1 rings (SSSR count). The van der Waals surface area contributed by atoms with Gasteiger partial charge in [0.1, 0.15) is 5.78 Å². The molecule has 0 saturated heterocycles. The zero-order chi connectivity index (χ0) is 8.27. The summed E-state index contributed by atoms with van der Waals surface area (Å²) in [4.78, 5) is 10.8. The molecule has 0 N–H and O–H groups in total. The van der Waals surface area contributed by atoms with Crippen molar-refractivity contribution in [2.45, 2.75) is 20.3 Å². The number of benzene rings is 1. The first-order valence-electron chi connectivity index (χ1n) is 3.65. The number of carbonyl (C=O) groups excluding carboxylic acids is 1. The fourth-order valence-corrected chi connectivity index (χ4v) is 1.01. The second-order valence-corrected chi connectivity index (χ2v) is 2.73. The van der Waals surface area contributed by atoms with Crippen molar-refractivity contribution >= 4 is 5.78 Å². The van der Waals surface area contributed by atoms with E-state index in [-0.39, 0.29) is 38.5 Å². The summed E-state index contributed by atoms with van der Waals surface area (Å²) in [6, 6.07) is 8.64. The van der Waals surface area contributed by atoms with Crippen molar-refractivity contribution in [3.05, 3.63) is 35.4 Å². The van der Waals surface area contributed by atoms with Crippen LogP contribution in [0.2, 0.25) is 0 Å². The van der Waals surface area contributed by atoms with E-state index in [1.165, 1.54) is 0 Å². The summed E-state index contributed by atoms with van der Waals surface area (Å²) in [5.41, 5.74) is 2.25. The molecular formula is C10H11OY-. The molecule has 1 radical (unpaired) electrons. The molecule has 0 unspecified atom stereocenters. The van der Waals surface area contributed by atoms with E-state index < -0.39 is 0 Å². The van der Waals surface area contributed by atoms with Gasteiger partial charge in [-0.2, -0.15) is 29.8 Å². The summed E-state index contributed by atoms with van der Waals surface area (Å²) in [7, 11) is 0. The van der Waals surface area contributed by atoms with Crippen LogP contribution in [-0.4, -0.2) is 5.78 Å². The van der Waals surface area contributed by atoms with Crippen molar-refractivity contribution in [3.63, 3.8) is 0 Å². The van der Waals surface area contributed by atoms with Crippen molar-refractivity contribution in [2.75, 3.05) is 0 Å². The molecule has 0 aliphatic heterocycles. The SMILES string of the molecule is CC(=O)Cc1cc[c-]cc1C.[Y]. The van der Waals surface area contributed by atoms with E-state index in [2.05, 4.69) is 6.07 Å². The van der Waals surface area contributed by atoms with Crippen LogP contribution in [-0.2, 0) is 43.9 Å². The van der Waals surface area contributed by atoms with E-state index in [1.54, 1.807) is 6.92 Å². The molecule has 0 heterocycles. The van der Waals surface area contributed by atoms with Crippen LogP contribution in [0.25, 0.3) is 0 Å². The largest absolute Gasteiger partial charge is 0.300 e. The number of rotatable bonds is 2. The Balaban J connectivity index is 0.00000121. The van der Waals surface area contributed by atoms with Crippen LogP contribution >= 0.6 is 0 Å². The number of ketones is 1. The fraction of sp³-hybridized carbons (Fsp3) is 0.300. The summed E-state index contributed by atoms with van der Waals surface area (Å²) >= 11 is 0. The predicted molar refractivity (Wildman–Crippen MR) is 44.4 cm³/mol. The number of hydrogen-bond donors (Lipinski definition) is 0. The van der Waals surface area contributed by atoms with Crippen molar-refractivity contribution < 1.29 is 37.5 Å². The van der Waals surface area contributed by atoms with Crippen LogP contribution in [0.5, 0.6) is 0 Å². The van der Waals surface area contributed by atoms with Gasteiger partial charge in [-0.05, 0) is 6.92 Å². The Morgan fingerprint density at radius 3 is 2.75 bits per heavy atom. The second-order valence-electron chi connectivity index (χ2n) is 2.73. The molecule has 0 bridgehead atoms. The van der Waals surface area contributed by atoms with Gasteiger partial charge in [0.2, 0.25) is 0 Å². The van der Waals surface area contributed by atoms with Crippen LogP contribution in [0.1, 0.15) is 18.1 Å². The minimum Gasteiger partial charge on any atom is -0.300 e. The molecule has 1 aromatic rings. The first-order valence-corrected chi connectivity index (χ1v) is 3.65. The fourth-order valence-electron chi connectivity index (χ4n) is 1.01. The van der Waals surface area contributed by atoms with Gasteiger partial charge in [-0.25, -0.2) is 0 Å². The van der Waals surface area contributed by atoms with Gasteiger partial charge in [0.15, 0.2) is 0 Å². The maximum absolute atomic E-state index is 10.8. The third-order valence-electron chi connectivity index (χ3n) is 1.63. The number of Topliss-reactive ketones (excluding diaryl/α,β-unsaturated/α-hetero) is 1. The van der Waals surface area contributed by atoms with Crippen molar-refractivity contribution in [1.82, 2.24) is 0 Å². The maximum Gasteiger partial charge on any atom is 0.132 e. The monoisotopic (exact) mass is 236 g/mol. The van der Waals surface area contributed by atoms with Crippen molar-refractivity contribution in [1.29, 1.82) is 0 Å². The maximum atomic E-state index is 10.8. The molecule has 1 nitrogen and oxygen atoms in total. The number of aryl methyl sites for hydroxylation is 1. The van der Waals surface area contributed by atoms with Crippen LogP contribution in [0.3, 0.4) is 0 Å². The van der Waals surface area contributed by atoms with Gasteiger partial charge in [0, 0.05) is 39.1 Å². The topological polar surface area (TPSA) is 17.1 Å². The van der Waals surface area contributed by atoms with Crippen molar-refractivity contribution in [2.24, 2.45) is 0 Å². The van der Waals surface area contributed by atoms with Gasteiger partial charge in [0.25, 0.3) is 0 Å². The van der Waals surface area contributed by atoms with E-state index >= 15 is 0 Å². The van der Waals surface area contributed by atoms with E-state index in [0.29, 0.717) is 6.42 Å². The molecular weight excluding hydrogens is 225 g/mol. The van der Waals surface area contributed by atoms with E-state index in [0.717, 1.165) is 11.1 Å². The average Bonchev–Trinajstić information content (AvgIpc) is 1.93. The number of carbonyl (C=O) groups is 1. The van der Waals surface area contributed by atoms with Gasteiger partial charge in [-0.15, -0.1) is 5.56 Å². The third-order valence-corrected chi connectivity index (χ3v) is 1.63. The zero-order valence-electron chi connectivity index (χ0n) is 7.42. The summed E-state index contributed by atoms with van der Waals surface area (Å²) in [6.07, 6.45) is 0.542. The van der Waals surface area contributed by atoms with Gasteiger partial charge >= 0.3 is 0 Å². The number of hydrogen-bond acceptors (Lipinski definition) is 1. The van der Waals surface area contributed by atoms with Crippen LogP contribution in [0.15, 0.2) is 18.2 Å². The van der Waals surface area contributed by atoms with Crippen LogP contribution in [0.4, 0.5) is 0 Å². The van der Waals surface area contributed by atoms with Gasteiger partial charge < -0.3 is 0 Å². The molecule has 12 heavy (non-hydrogen) atoms. The Morgan fingerprint density at radius 2 is 2.25 bits per heavy atom. The van der Waals surface area contributed by atoms with Gasteiger partial charge in [-0.3, -0.25) is 4.79 Å². The first-order chi connectivity index (χ1) is 5.20. The van der Waals surface area contributed by atoms with Gasteiger partial charge in [-0.1, -0.05) is 6.92 Å². The Kier molecular flexibility index (Phi) is 5.60. The second kappa shape index (κ2) is 5.61. The summed E-state index contributed by atoms with van der Waals surface area (Å²) < 4.78 is 0. The molecule has 2 heteroatoms. The first kappa shape index (κ1) is 12.0. The summed E-state index contributed by atoms with van der Waals surface area (Å²) in [5, 5.41) is 0. The molecule has 0 fully saturated rings. The van der Waals surface area contributed by atoms with E-state index in [1.807, 2.05) is 25.1 Å². The molecule has 61 valence electrons. The minimum absolute atomic E-state index is 0. The summed E-state index contributed by atoms with van der Waals surface area (Å²) in [5.74, 6) is 0.208. The molecule has 0 atom stereocenters. The van der Waals surface area contributed by atoms with E-state index in [4.69, 9.17) is 0 Å². The average molecular weight is 236 g/mol. The van der Waals surface area contributed by atoms with Gasteiger partial charge in [0.05, 0.1) is 0 Å². The Bertz CT molecular complexity index is 268. The predicted octanol–water partition coefficient (Wildman–Crippen LogP) is 1.92. The quantitative estimate of drug-likeness (QED) is 0.717. The molecule has 0 aliphatic carbocycles. The van der Waals surface area contributed by atoms with Crippen LogP contribution < -0.4 is 0 Å². The van der Waals surface area contributed by atoms with Crippen LogP contribution in [0, 0.1) is 13.0 Å². The smallest absolute Gasteiger partial charge is 0.132 e. The molecule has 0 amide bonds. The molecule has 0 spiro atoms. The van der Waals surface area contributed by atoms with Crippen molar-refractivity contribution in [3.8, 4) is 0 Å². The normalized spacial score (nSPS) is 8.83. The third kappa shape index (κ3) is 3.60. The molecule has 0 aromatic heterocycles. The molecule has 1 aromatic carbocycles. The zero-order valence-corrected chi connectivity index (χ0v) is 10.3. The molecule has 0 aliphatic rings. The standard InChI is InChI=1S/C10H11O.Y/c1-8-5-3-4-6-10(8)7-9(2)11;/h4-6H,7H2,1-2H3;/q-1;. The molecule has 0 saturated carbocycles. The Labute approximate surface area is 98.4 Å².